The molecule has 1 aliphatic rings. The van der Waals surface area contributed by atoms with Gasteiger partial charge in [0.2, 0.25) is 6.79 Å². The van der Waals surface area contributed by atoms with Gasteiger partial charge in [-0.1, -0.05) is 17.7 Å². The first-order chi connectivity index (χ1) is 10.1. The number of halogens is 3. The van der Waals surface area contributed by atoms with Crippen molar-refractivity contribution in [1.29, 1.82) is 0 Å². The molecule has 21 heavy (non-hydrogen) atoms. The zero-order chi connectivity index (χ0) is 14.8. The zero-order valence-corrected chi connectivity index (χ0v) is 11.7. The fourth-order valence-electron chi connectivity index (χ4n) is 2.12. The van der Waals surface area contributed by atoms with Crippen LogP contribution in [0.5, 0.6) is 11.5 Å². The number of fused-ring (bicyclic) bond motifs is 1. The van der Waals surface area contributed by atoms with Gasteiger partial charge in [-0.3, -0.25) is 0 Å². The summed E-state index contributed by atoms with van der Waals surface area (Å²) in [6.07, 6.45) is 0. The maximum Gasteiger partial charge on any atom is 0.231 e. The molecule has 0 saturated heterocycles. The fraction of sp³-hybridized carbons (Fsp3) is 0.200. The summed E-state index contributed by atoms with van der Waals surface area (Å²) >= 11 is 6.08. The Balaban J connectivity index is 1.63. The summed E-state index contributed by atoms with van der Waals surface area (Å²) in [5.74, 6) is -0.519. The second-order valence-electron chi connectivity index (χ2n) is 4.66. The maximum atomic E-state index is 13.1. The lowest BCUT2D eigenvalue weighted by Crippen LogP contribution is -2.13. The van der Waals surface area contributed by atoms with Crippen LogP contribution in [0.4, 0.5) is 8.78 Å². The van der Waals surface area contributed by atoms with Crippen LogP contribution in [-0.4, -0.2) is 6.79 Å². The van der Waals surface area contributed by atoms with E-state index in [-0.39, 0.29) is 6.79 Å². The van der Waals surface area contributed by atoms with E-state index in [0.717, 1.165) is 11.6 Å². The van der Waals surface area contributed by atoms with Crippen molar-refractivity contribution in [2.45, 2.75) is 13.1 Å². The molecule has 0 aromatic heterocycles. The van der Waals surface area contributed by atoms with E-state index in [1.165, 1.54) is 12.1 Å². The molecule has 0 fully saturated rings. The molecule has 1 heterocycles. The molecule has 0 spiro atoms. The molecule has 6 heteroatoms. The average molecular weight is 312 g/mol. The summed E-state index contributed by atoms with van der Waals surface area (Å²) in [7, 11) is 0. The third kappa shape index (κ3) is 3.09. The lowest BCUT2D eigenvalue weighted by atomic mass is 10.2. The predicted molar refractivity (Wildman–Crippen MR) is 74.5 cm³/mol. The number of ether oxygens (including phenoxy) is 2. The SMILES string of the molecule is Fc1ccc(CNCc2cc(Cl)c3c(c2)OCO3)cc1F. The standard InChI is InChI=1S/C15H12ClF2NO2/c16-11-3-10(5-14-15(11)21-8-20-14)7-19-6-9-1-2-12(17)13(18)4-9/h1-5,19H,6-8H2. The van der Waals surface area contributed by atoms with Gasteiger partial charge in [0.15, 0.2) is 23.1 Å². The topological polar surface area (TPSA) is 30.5 Å². The Morgan fingerprint density at radius 3 is 2.62 bits per heavy atom. The second kappa shape index (κ2) is 5.87. The molecule has 110 valence electrons. The molecule has 3 rings (SSSR count). The fourth-order valence-corrected chi connectivity index (χ4v) is 2.41. The van der Waals surface area contributed by atoms with Crippen LogP contribution in [0.2, 0.25) is 5.02 Å². The van der Waals surface area contributed by atoms with Gasteiger partial charge < -0.3 is 14.8 Å². The van der Waals surface area contributed by atoms with E-state index in [4.69, 9.17) is 21.1 Å². The molecule has 0 amide bonds. The van der Waals surface area contributed by atoms with Crippen molar-refractivity contribution in [3.8, 4) is 11.5 Å². The van der Waals surface area contributed by atoms with Crippen LogP contribution >= 0.6 is 11.6 Å². The van der Waals surface area contributed by atoms with Crippen LogP contribution in [-0.2, 0) is 13.1 Å². The van der Waals surface area contributed by atoms with Crippen LogP contribution < -0.4 is 14.8 Å². The van der Waals surface area contributed by atoms with Crippen molar-refractivity contribution >= 4 is 11.6 Å². The van der Waals surface area contributed by atoms with Gasteiger partial charge in [0.05, 0.1) is 5.02 Å². The quantitative estimate of drug-likeness (QED) is 0.935. The van der Waals surface area contributed by atoms with Crippen molar-refractivity contribution in [3.63, 3.8) is 0 Å². The molecule has 0 saturated carbocycles. The number of benzene rings is 2. The van der Waals surface area contributed by atoms with Gasteiger partial charge >= 0.3 is 0 Å². The van der Waals surface area contributed by atoms with Crippen molar-refractivity contribution in [2.24, 2.45) is 0 Å². The van der Waals surface area contributed by atoms with Gasteiger partial charge in [-0.15, -0.1) is 0 Å². The molecule has 1 aliphatic heterocycles. The van der Waals surface area contributed by atoms with Gasteiger partial charge in [-0.05, 0) is 35.4 Å². The Labute approximate surface area is 125 Å². The highest BCUT2D eigenvalue weighted by Crippen LogP contribution is 2.39. The van der Waals surface area contributed by atoms with E-state index >= 15 is 0 Å². The zero-order valence-electron chi connectivity index (χ0n) is 11.0. The molecule has 2 aromatic rings. The lowest BCUT2D eigenvalue weighted by molar-refractivity contribution is 0.174. The van der Waals surface area contributed by atoms with Crippen LogP contribution in [0.15, 0.2) is 30.3 Å². The summed E-state index contributed by atoms with van der Waals surface area (Å²) in [6.45, 7) is 1.11. The second-order valence-corrected chi connectivity index (χ2v) is 5.07. The molecule has 1 N–H and O–H groups in total. The van der Waals surface area contributed by atoms with E-state index in [1.54, 1.807) is 6.07 Å². The van der Waals surface area contributed by atoms with Gasteiger partial charge in [0.25, 0.3) is 0 Å². The van der Waals surface area contributed by atoms with Gasteiger partial charge in [-0.25, -0.2) is 8.78 Å². The number of nitrogens with one attached hydrogen (secondary N) is 1. The van der Waals surface area contributed by atoms with Gasteiger partial charge in [0.1, 0.15) is 0 Å². The van der Waals surface area contributed by atoms with Crippen molar-refractivity contribution in [3.05, 3.63) is 58.1 Å². The first kappa shape index (κ1) is 14.1. The Kier molecular flexibility index (Phi) is 3.94. The molecule has 3 nitrogen and oxygen atoms in total. The first-order valence-electron chi connectivity index (χ1n) is 6.36. The maximum absolute atomic E-state index is 13.1. The molecule has 0 atom stereocenters. The minimum Gasteiger partial charge on any atom is -0.454 e. The van der Waals surface area contributed by atoms with Crippen molar-refractivity contribution < 1.29 is 18.3 Å². The van der Waals surface area contributed by atoms with Gasteiger partial charge in [-0.2, -0.15) is 0 Å². The highest BCUT2D eigenvalue weighted by Gasteiger charge is 2.18. The third-order valence-corrected chi connectivity index (χ3v) is 3.41. The summed E-state index contributed by atoms with van der Waals surface area (Å²) < 4.78 is 36.4. The minimum atomic E-state index is -0.847. The first-order valence-corrected chi connectivity index (χ1v) is 6.74. The molecule has 0 aliphatic carbocycles. The molecule has 0 radical (unpaired) electrons. The lowest BCUT2D eigenvalue weighted by Gasteiger charge is -2.07. The molecule has 0 bridgehead atoms. The molecular formula is C15H12ClF2NO2. The van der Waals surface area contributed by atoms with E-state index in [0.29, 0.717) is 35.2 Å². The van der Waals surface area contributed by atoms with E-state index in [2.05, 4.69) is 5.32 Å². The van der Waals surface area contributed by atoms with Crippen LogP contribution in [0, 0.1) is 11.6 Å². The smallest absolute Gasteiger partial charge is 0.231 e. The predicted octanol–water partition coefficient (Wildman–Crippen LogP) is 3.64. The van der Waals surface area contributed by atoms with Crippen LogP contribution in [0.3, 0.4) is 0 Å². The Bertz CT molecular complexity index is 679. The summed E-state index contributed by atoms with van der Waals surface area (Å²) in [4.78, 5) is 0. The van der Waals surface area contributed by atoms with E-state index in [1.807, 2.05) is 6.07 Å². The average Bonchev–Trinajstić information content (AvgIpc) is 2.92. The highest BCUT2D eigenvalue weighted by atomic mass is 35.5. The van der Waals surface area contributed by atoms with E-state index < -0.39 is 11.6 Å². The molecular weight excluding hydrogens is 300 g/mol. The van der Waals surface area contributed by atoms with E-state index in [9.17, 15) is 8.78 Å². The molecule has 0 unspecified atom stereocenters. The monoisotopic (exact) mass is 311 g/mol. The van der Waals surface area contributed by atoms with Crippen molar-refractivity contribution in [2.75, 3.05) is 6.79 Å². The summed E-state index contributed by atoms with van der Waals surface area (Å²) in [6, 6.07) is 7.45. The number of hydrogen-bond acceptors (Lipinski definition) is 3. The normalized spacial score (nSPS) is 12.7. The highest BCUT2D eigenvalue weighted by molar-refractivity contribution is 6.32. The van der Waals surface area contributed by atoms with Gasteiger partial charge in [0, 0.05) is 13.1 Å². The summed E-state index contributed by atoms with van der Waals surface area (Å²) in [5, 5.41) is 3.63. The number of rotatable bonds is 4. The Hall–Kier alpha value is -1.85. The molecule has 2 aromatic carbocycles. The largest absolute Gasteiger partial charge is 0.454 e. The minimum absolute atomic E-state index is 0.167. The Morgan fingerprint density at radius 1 is 1.00 bits per heavy atom. The summed E-state index contributed by atoms with van der Waals surface area (Å²) in [5.41, 5.74) is 1.59. The van der Waals surface area contributed by atoms with Crippen molar-refractivity contribution in [1.82, 2.24) is 5.32 Å². The third-order valence-electron chi connectivity index (χ3n) is 3.13. The van der Waals surface area contributed by atoms with Crippen LogP contribution in [0.1, 0.15) is 11.1 Å². The van der Waals surface area contributed by atoms with Crippen LogP contribution in [0.25, 0.3) is 0 Å². The Morgan fingerprint density at radius 2 is 1.81 bits per heavy atom. The number of hydrogen-bond donors (Lipinski definition) is 1.